The summed E-state index contributed by atoms with van der Waals surface area (Å²) >= 11 is 6.45. The summed E-state index contributed by atoms with van der Waals surface area (Å²) in [7, 11) is 0. The predicted molar refractivity (Wildman–Crippen MR) is 134 cm³/mol. The molecule has 1 heterocycles. The molecule has 4 nitrogen and oxygen atoms in total. The van der Waals surface area contributed by atoms with Crippen LogP contribution in [0.5, 0.6) is 5.75 Å². The molecule has 0 amide bonds. The van der Waals surface area contributed by atoms with Gasteiger partial charge in [0.2, 0.25) is 0 Å². The number of ether oxygens (including phenoxy) is 1. The van der Waals surface area contributed by atoms with Crippen LogP contribution in [0, 0.1) is 5.82 Å². The van der Waals surface area contributed by atoms with Gasteiger partial charge < -0.3 is 15.4 Å². The number of benzene rings is 3. The average molecular weight is 477 g/mol. The van der Waals surface area contributed by atoms with E-state index in [1.807, 2.05) is 48.5 Å². The molecule has 1 aliphatic heterocycles. The fraction of sp³-hybridized carbons (Fsp3) is 0.250. The maximum Gasteiger partial charge on any atom is 0.163 e. The van der Waals surface area contributed by atoms with Crippen LogP contribution in [-0.2, 0) is 4.79 Å². The van der Waals surface area contributed by atoms with Gasteiger partial charge in [-0.1, -0.05) is 48.9 Å². The van der Waals surface area contributed by atoms with Gasteiger partial charge in [0.25, 0.3) is 0 Å². The number of ketones is 1. The first-order valence-electron chi connectivity index (χ1n) is 11.6. The third-order valence-electron chi connectivity index (χ3n) is 6.42. The second-order valence-corrected chi connectivity index (χ2v) is 9.13. The zero-order valence-electron chi connectivity index (χ0n) is 18.9. The lowest BCUT2D eigenvalue weighted by Crippen LogP contribution is -2.27. The van der Waals surface area contributed by atoms with Crippen LogP contribution in [0.4, 0.5) is 15.8 Å². The van der Waals surface area contributed by atoms with Crippen LogP contribution in [0.15, 0.2) is 78.0 Å². The molecule has 1 aliphatic carbocycles. The second-order valence-electron chi connectivity index (χ2n) is 8.72. The standard InChI is InChI=1S/C28H26ClFN2O2/c1-2-14-34-19-12-10-17(11-13-19)18-15-24-27(25(33)16-18)28(26-20(29)6-5-7-21(26)30)32-23-9-4-3-8-22(23)31-24/h3-13,18,28,31-32H,2,14-16H2,1H3. The molecule has 174 valence electrons. The van der Waals surface area contributed by atoms with Crippen LogP contribution in [0.3, 0.4) is 0 Å². The van der Waals surface area contributed by atoms with Crippen LogP contribution >= 0.6 is 11.6 Å². The first-order valence-corrected chi connectivity index (χ1v) is 12.0. The Morgan fingerprint density at radius 1 is 1.00 bits per heavy atom. The number of carbonyl (C=O) groups is 1. The Hall–Kier alpha value is -3.31. The Balaban J connectivity index is 1.55. The Morgan fingerprint density at radius 3 is 2.50 bits per heavy atom. The largest absolute Gasteiger partial charge is 0.494 e. The zero-order chi connectivity index (χ0) is 23.7. The van der Waals surface area contributed by atoms with Crippen molar-refractivity contribution >= 4 is 28.8 Å². The minimum absolute atomic E-state index is 0.0148. The normalized spacial score (nSPS) is 19.4. The van der Waals surface area contributed by atoms with Crippen molar-refractivity contribution in [1.29, 1.82) is 0 Å². The molecular formula is C28H26ClFN2O2. The monoisotopic (exact) mass is 476 g/mol. The lowest BCUT2D eigenvalue weighted by Gasteiger charge is -2.30. The van der Waals surface area contributed by atoms with E-state index < -0.39 is 11.9 Å². The van der Waals surface area contributed by atoms with Crippen LogP contribution in [0.2, 0.25) is 5.02 Å². The van der Waals surface area contributed by atoms with E-state index in [4.69, 9.17) is 16.3 Å². The number of halogens is 2. The molecule has 0 saturated carbocycles. The minimum Gasteiger partial charge on any atom is -0.494 e. The van der Waals surface area contributed by atoms with Gasteiger partial charge in [0.05, 0.1) is 24.0 Å². The molecule has 3 aromatic rings. The number of nitrogens with one attached hydrogen (secondary N) is 2. The number of hydrogen-bond acceptors (Lipinski definition) is 4. The molecule has 6 heteroatoms. The van der Waals surface area contributed by atoms with Gasteiger partial charge in [-0.05, 0) is 60.7 Å². The van der Waals surface area contributed by atoms with Crippen LogP contribution < -0.4 is 15.4 Å². The molecule has 2 atom stereocenters. The highest BCUT2D eigenvalue weighted by Gasteiger charge is 2.37. The third-order valence-corrected chi connectivity index (χ3v) is 6.75. The summed E-state index contributed by atoms with van der Waals surface area (Å²) in [4.78, 5) is 13.6. The summed E-state index contributed by atoms with van der Waals surface area (Å²) in [5.74, 6) is 0.386. The first-order chi connectivity index (χ1) is 16.5. The molecule has 0 radical (unpaired) electrons. The molecule has 34 heavy (non-hydrogen) atoms. The highest BCUT2D eigenvalue weighted by molar-refractivity contribution is 6.31. The highest BCUT2D eigenvalue weighted by atomic mass is 35.5. The summed E-state index contributed by atoms with van der Waals surface area (Å²) < 4.78 is 20.7. The number of anilines is 2. The summed E-state index contributed by atoms with van der Waals surface area (Å²) in [6, 6.07) is 19.6. The number of hydrogen-bond donors (Lipinski definition) is 2. The maximum atomic E-state index is 15.0. The van der Waals surface area contributed by atoms with Crippen LogP contribution in [0.25, 0.3) is 0 Å². The second kappa shape index (κ2) is 9.51. The van der Waals surface area contributed by atoms with E-state index in [2.05, 4.69) is 17.6 Å². The number of allylic oxidation sites excluding steroid dienone is 1. The summed E-state index contributed by atoms with van der Waals surface area (Å²) in [5, 5.41) is 7.15. The van der Waals surface area contributed by atoms with Crippen molar-refractivity contribution in [2.24, 2.45) is 0 Å². The SMILES string of the molecule is CCCOc1ccc(C2CC(=O)C3=C(C2)Nc2ccccc2NC3c2c(F)cccc2Cl)cc1. The minimum atomic E-state index is -0.682. The lowest BCUT2D eigenvalue weighted by atomic mass is 9.78. The molecule has 2 unspecified atom stereocenters. The van der Waals surface area contributed by atoms with E-state index >= 15 is 4.39 Å². The van der Waals surface area contributed by atoms with Gasteiger partial charge in [-0.15, -0.1) is 0 Å². The molecule has 5 rings (SSSR count). The van der Waals surface area contributed by atoms with Crippen LogP contribution in [0.1, 0.15) is 49.3 Å². The van der Waals surface area contributed by atoms with E-state index in [9.17, 15) is 4.79 Å². The summed E-state index contributed by atoms with van der Waals surface area (Å²) in [5.41, 5.74) is 4.36. The first kappa shape index (κ1) is 22.5. The van der Waals surface area contributed by atoms with E-state index in [1.165, 1.54) is 6.07 Å². The van der Waals surface area contributed by atoms with Crippen molar-refractivity contribution in [3.05, 3.63) is 100.0 Å². The number of rotatable bonds is 5. The quantitative estimate of drug-likeness (QED) is 0.407. The van der Waals surface area contributed by atoms with E-state index in [0.29, 0.717) is 35.6 Å². The fourth-order valence-corrected chi connectivity index (χ4v) is 5.06. The van der Waals surface area contributed by atoms with Crippen molar-refractivity contribution < 1.29 is 13.9 Å². The molecule has 2 N–H and O–H groups in total. The Kier molecular flexibility index (Phi) is 6.29. The number of Topliss-reactive ketones (excluding diaryl/α,β-unsaturated/α-hetero) is 1. The fourth-order valence-electron chi connectivity index (χ4n) is 4.79. The molecule has 0 saturated heterocycles. The van der Waals surface area contributed by atoms with Gasteiger partial charge in [0.15, 0.2) is 5.78 Å². The van der Waals surface area contributed by atoms with Gasteiger partial charge in [0, 0.05) is 28.3 Å². The predicted octanol–water partition coefficient (Wildman–Crippen LogP) is 7.25. The van der Waals surface area contributed by atoms with Gasteiger partial charge >= 0.3 is 0 Å². The van der Waals surface area contributed by atoms with Crippen molar-refractivity contribution in [2.45, 2.75) is 38.1 Å². The molecule has 2 aliphatic rings. The number of para-hydroxylation sites is 2. The molecule has 0 bridgehead atoms. The third kappa shape index (κ3) is 4.28. The van der Waals surface area contributed by atoms with Gasteiger partial charge in [-0.25, -0.2) is 4.39 Å². The topological polar surface area (TPSA) is 50.4 Å². The van der Waals surface area contributed by atoms with Gasteiger partial charge in [0.1, 0.15) is 11.6 Å². The highest BCUT2D eigenvalue weighted by Crippen LogP contribution is 2.45. The molecule has 0 spiro atoms. The summed E-state index contributed by atoms with van der Waals surface area (Å²) in [6.45, 7) is 2.75. The van der Waals surface area contributed by atoms with E-state index in [1.54, 1.807) is 12.1 Å². The smallest absolute Gasteiger partial charge is 0.163 e. The van der Waals surface area contributed by atoms with E-state index in [-0.39, 0.29) is 11.7 Å². The maximum absolute atomic E-state index is 15.0. The Bertz CT molecular complexity index is 1240. The zero-order valence-corrected chi connectivity index (χ0v) is 19.7. The Morgan fingerprint density at radius 2 is 1.76 bits per heavy atom. The number of fused-ring (bicyclic) bond motifs is 1. The van der Waals surface area contributed by atoms with Crippen molar-refractivity contribution in [3.63, 3.8) is 0 Å². The molecule has 3 aromatic carbocycles. The average Bonchev–Trinajstić information content (AvgIpc) is 3.00. The van der Waals surface area contributed by atoms with Gasteiger partial charge in [-0.2, -0.15) is 0 Å². The van der Waals surface area contributed by atoms with Crippen LogP contribution in [-0.4, -0.2) is 12.4 Å². The molecule has 0 aromatic heterocycles. The summed E-state index contributed by atoms with van der Waals surface area (Å²) in [6.07, 6.45) is 1.93. The number of carbonyl (C=O) groups excluding carboxylic acids is 1. The Labute approximate surface area is 203 Å². The van der Waals surface area contributed by atoms with E-state index in [0.717, 1.165) is 34.8 Å². The van der Waals surface area contributed by atoms with Crippen molar-refractivity contribution in [3.8, 4) is 5.75 Å². The molecular weight excluding hydrogens is 451 g/mol. The van der Waals surface area contributed by atoms with Crippen molar-refractivity contribution in [1.82, 2.24) is 0 Å². The van der Waals surface area contributed by atoms with Gasteiger partial charge in [-0.3, -0.25) is 4.79 Å². The lowest BCUT2D eigenvalue weighted by molar-refractivity contribution is -0.116. The van der Waals surface area contributed by atoms with Crippen molar-refractivity contribution in [2.75, 3.05) is 17.2 Å². The molecule has 0 fully saturated rings.